The number of benzene rings is 1. The summed E-state index contributed by atoms with van der Waals surface area (Å²) in [6.07, 6.45) is 8.73. The molecular weight excluding hydrogens is 330 g/mol. The normalized spacial score (nSPS) is 25.2. The lowest BCUT2D eigenvalue weighted by atomic mass is 10.0. The maximum absolute atomic E-state index is 12.7. The van der Waals surface area contributed by atoms with Crippen molar-refractivity contribution >= 4 is 5.91 Å². The average molecular weight is 355 g/mol. The molecule has 0 aliphatic heterocycles. The standard InChI is InChI=1S/C20H25N3O3/c1-26-19-5-4-15(10-16(19)14-2-3-14)20(25)22-17-8-13(9-18(17)24)11-23-7-6-21-12-23/h4-7,10,12-14,17-18,24H,2-3,8-9,11H2,1H3,(H,22,25)/t13?,17-,18-/m1/s1. The molecule has 4 rings (SSSR count). The Hall–Kier alpha value is -2.34. The van der Waals surface area contributed by atoms with Crippen LogP contribution >= 0.6 is 0 Å². The topological polar surface area (TPSA) is 76.4 Å². The monoisotopic (exact) mass is 355 g/mol. The van der Waals surface area contributed by atoms with Gasteiger partial charge in [-0.1, -0.05) is 0 Å². The van der Waals surface area contributed by atoms with Crippen LogP contribution in [0, 0.1) is 5.92 Å². The Morgan fingerprint density at radius 2 is 2.23 bits per heavy atom. The van der Waals surface area contributed by atoms with Gasteiger partial charge < -0.3 is 19.7 Å². The smallest absolute Gasteiger partial charge is 0.251 e. The molecule has 26 heavy (non-hydrogen) atoms. The number of nitrogens with one attached hydrogen (secondary N) is 1. The van der Waals surface area contributed by atoms with Gasteiger partial charge in [0.25, 0.3) is 5.91 Å². The number of ether oxygens (including phenoxy) is 1. The van der Waals surface area contributed by atoms with Crippen LogP contribution in [0.3, 0.4) is 0 Å². The van der Waals surface area contributed by atoms with Crippen molar-refractivity contribution in [3.63, 3.8) is 0 Å². The maximum Gasteiger partial charge on any atom is 0.251 e. The molecule has 1 amide bonds. The molecule has 138 valence electrons. The summed E-state index contributed by atoms with van der Waals surface area (Å²) < 4.78 is 7.44. The van der Waals surface area contributed by atoms with Gasteiger partial charge in [0.05, 0.1) is 25.6 Å². The first kappa shape index (κ1) is 17.1. The quantitative estimate of drug-likeness (QED) is 0.834. The number of carbonyl (C=O) groups is 1. The zero-order chi connectivity index (χ0) is 18.1. The van der Waals surface area contributed by atoms with E-state index < -0.39 is 6.10 Å². The van der Waals surface area contributed by atoms with Crippen molar-refractivity contribution in [3.05, 3.63) is 48.0 Å². The summed E-state index contributed by atoms with van der Waals surface area (Å²) >= 11 is 0. The summed E-state index contributed by atoms with van der Waals surface area (Å²) in [5, 5.41) is 13.4. The first-order valence-electron chi connectivity index (χ1n) is 9.26. The summed E-state index contributed by atoms with van der Waals surface area (Å²) in [4.78, 5) is 16.7. The lowest BCUT2D eigenvalue weighted by Crippen LogP contribution is -2.39. The third-order valence-electron chi connectivity index (χ3n) is 5.48. The molecule has 1 unspecified atom stereocenters. The first-order chi connectivity index (χ1) is 12.6. The average Bonchev–Trinajstić information content (AvgIpc) is 3.27. The molecule has 0 radical (unpaired) electrons. The number of aliphatic hydroxyl groups excluding tert-OH is 1. The van der Waals surface area contributed by atoms with Gasteiger partial charge in [0.1, 0.15) is 5.75 Å². The number of imidazole rings is 1. The molecule has 2 aromatic rings. The molecule has 1 heterocycles. The highest BCUT2D eigenvalue weighted by molar-refractivity contribution is 5.95. The van der Waals surface area contributed by atoms with Gasteiger partial charge in [-0.05, 0) is 61.3 Å². The van der Waals surface area contributed by atoms with Gasteiger partial charge in [-0.25, -0.2) is 4.98 Å². The second-order valence-electron chi connectivity index (χ2n) is 7.48. The Labute approximate surface area is 153 Å². The molecule has 3 atom stereocenters. The van der Waals surface area contributed by atoms with Crippen molar-refractivity contribution in [1.82, 2.24) is 14.9 Å². The van der Waals surface area contributed by atoms with Crippen LogP contribution in [0.25, 0.3) is 0 Å². The van der Waals surface area contributed by atoms with Gasteiger partial charge in [-0.2, -0.15) is 0 Å². The van der Waals surface area contributed by atoms with E-state index in [0.717, 1.165) is 37.1 Å². The lowest BCUT2D eigenvalue weighted by Gasteiger charge is -2.17. The van der Waals surface area contributed by atoms with E-state index in [1.54, 1.807) is 25.7 Å². The largest absolute Gasteiger partial charge is 0.496 e. The Kier molecular flexibility index (Phi) is 4.68. The highest BCUT2D eigenvalue weighted by Crippen LogP contribution is 2.44. The van der Waals surface area contributed by atoms with Crippen molar-refractivity contribution < 1.29 is 14.6 Å². The molecule has 2 aliphatic carbocycles. The van der Waals surface area contributed by atoms with Crippen LogP contribution < -0.4 is 10.1 Å². The minimum atomic E-state index is -0.506. The maximum atomic E-state index is 12.7. The Balaban J connectivity index is 1.40. The van der Waals surface area contributed by atoms with Crippen LogP contribution in [-0.4, -0.2) is 39.8 Å². The lowest BCUT2D eigenvalue weighted by molar-refractivity contribution is 0.0872. The third kappa shape index (κ3) is 3.60. The van der Waals surface area contributed by atoms with E-state index in [0.29, 0.717) is 23.8 Å². The summed E-state index contributed by atoms with van der Waals surface area (Å²) in [6.45, 7) is 0.817. The first-order valence-corrected chi connectivity index (χ1v) is 9.26. The molecule has 1 aromatic heterocycles. The summed E-state index contributed by atoms with van der Waals surface area (Å²) in [6, 6.07) is 5.40. The van der Waals surface area contributed by atoms with Gasteiger partial charge >= 0.3 is 0 Å². The molecular formula is C20H25N3O3. The van der Waals surface area contributed by atoms with E-state index >= 15 is 0 Å². The van der Waals surface area contributed by atoms with Crippen molar-refractivity contribution in [2.45, 2.75) is 50.3 Å². The highest BCUT2D eigenvalue weighted by Gasteiger charge is 2.34. The number of nitrogens with zero attached hydrogens (tertiary/aromatic N) is 2. The Bertz CT molecular complexity index is 771. The Morgan fingerprint density at radius 1 is 1.38 bits per heavy atom. The number of hydrogen-bond donors (Lipinski definition) is 2. The number of aliphatic hydroxyl groups is 1. The van der Waals surface area contributed by atoms with E-state index in [4.69, 9.17) is 4.74 Å². The van der Waals surface area contributed by atoms with Crippen LogP contribution in [0.5, 0.6) is 5.75 Å². The van der Waals surface area contributed by atoms with Crippen LogP contribution in [0.2, 0.25) is 0 Å². The molecule has 1 aromatic carbocycles. The minimum Gasteiger partial charge on any atom is -0.496 e. The molecule has 0 saturated heterocycles. The second-order valence-corrected chi connectivity index (χ2v) is 7.48. The molecule has 0 spiro atoms. The van der Waals surface area contributed by atoms with E-state index in [1.807, 2.05) is 22.9 Å². The Morgan fingerprint density at radius 3 is 2.92 bits per heavy atom. The molecule has 0 bridgehead atoms. The van der Waals surface area contributed by atoms with Gasteiger partial charge in [-0.15, -0.1) is 0 Å². The van der Waals surface area contributed by atoms with Gasteiger partial charge in [0, 0.05) is 24.5 Å². The number of rotatable bonds is 6. The third-order valence-corrected chi connectivity index (χ3v) is 5.48. The molecule has 2 fully saturated rings. The number of methoxy groups -OCH3 is 1. The van der Waals surface area contributed by atoms with Crippen LogP contribution in [0.15, 0.2) is 36.9 Å². The van der Waals surface area contributed by atoms with E-state index in [-0.39, 0.29) is 11.9 Å². The highest BCUT2D eigenvalue weighted by atomic mass is 16.5. The predicted octanol–water partition coefficient (Wildman–Crippen LogP) is 2.34. The van der Waals surface area contributed by atoms with Crippen LogP contribution in [0.4, 0.5) is 0 Å². The zero-order valence-electron chi connectivity index (χ0n) is 15.0. The van der Waals surface area contributed by atoms with Crippen molar-refractivity contribution in [3.8, 4) is 5.75 Å². The SMILES string of the molecule is COc1ccc(C(=O)N[C@@H]2CC(Cn3ccnc3)C[C@H]2O)cc1C1CC1. The molecule has 6 heteroatoms. The van der Waals surface area contributed by atoms with Crippen molar-refractivity contribution in [2.75, 3.05) is 7.11 Å². The summed E-state index contributed by atoms with van der Waals surface area (Å²) in [5.41, 5.74) is 1.75. The number of aromatic nitrogens is 2. The van der Waals surface area contributed by atoms with Crippen LogP contribution in [0.1, 0.15) is 47.5 Å². The molecule has 2 aliphatic rings. The van der Waals surface area contributed by atoms with Gasteiger partial charge in [0.15, 0.2) is 0 Å². The fraction of sp³-hybridized carbons (Fsp3) is 0.500. The summed E-state index contributed by atoms with van der Waals surface area (Å²) in [7, 11) is 1.66. The van der Waals surface area contributed by atoms with Crippen molar-refractivity contribution in [1.29, 1.82) is 0 Å². The fourth-order valence-corrected chi connectivity index (χ4v) is 3.96. The van der Waals surface area contributed by atoms with Gasteiger partial charge in [-0.3, -0.25) is 4.79 Å². The molecule has 2 saturated carbocycles. The second kappa shape index (κ2) is 7.11. The van der Waals surface area contributed by atoms with Crippen molar-refractivity contribution in [2.24, 2.45) is 5.92 Å². The number of amides is 1. The number of hydrogen-bond acceptors (Lipinski definition) is 4. The predicted molar refractivity (Wildman–Crippen MR) is 97.2 cm³/mol. The van der Waals surface area contributed by atoms with Gasteiger partial charge in [0.2, 0.25) is 0 Å². The van der Waals surface area contributed by atoms with E-state index in [9.17, 15) is 9.90 Å². The number of carbonyl (C=O) groups excluding carboxylic acids is 1. The minimum absolute atomic E-state index is 0.123. The van der Waals surface area contributed by atoms with E-state index in [2.05, 4.69) is 10.3 Å². The summed E-state index contributed by atoms with van der Waals surface area (Å²) in [5.74, 6) is 1.57. The zero-order valence-corrected chi connectivity index (χ0v) is 15.0. The fourth-order valence-electron chi connectivity index (χ4n) is 3.96. The molecule has 2 N–H and O–H groups in total. The molecule has 6 nitrogen and oxygen atoms in total. The van der Waals surface area contributed by atoms with E-state index in [1.165, 1.54) is 0 Å². The van der Waals surface area contributed by atoms with Crippen LogP contribution in [-0.2, 0) is 6.54 Å².